The van der Waals surface area contributed by atoms with Gasteiger partial charge in [-0.2, -0.15) is 0 Å². The summed E-state index contributed by atoms with van der Waals surface area (Å²) in [6.07, 6.45) is 6.65. The summed E-state index contributed by atoms with van der Waals surface area (Å²) in [6.45, 7) is 4.09. The van der Waals surface area contributed by atoms with Gasteiger partial charge in [-0.1, -0.05) is 19.1 Å². The topological polar surface area (TPSA) is 33.2 Å². The second-order valence-corrected chi connectivity index (χ2v) is 6.89. The number of nitrogens with zero attached hydrogens (tertiary/aromatic N) is 2. The van der Waals surface area contributed by atoms with Crippen LogP contribution in [0.2, 0.25) is 0 Å². The van der Waals surface area contributed by atoms with E-state index in [1.807, 2.05) is 6.20 Å². The van der Waals surface area contributed by atoms with E-state index in [0.29, 0.717) is 5.92 Å². The van der Waals surface area contributed by atoms with E-state index in [4.69, 9.17) is 0 Å². The third-order valence-electron chi connectivity index (χ3n) is 5.28. The van der Waals surface area contributed by atoms with Gasteiger partial charge in [0.1, 0.15) is 6.29 Å². The van der Waals surface area contributed by atoms with Crippen molar-refractivity contribution < 1.29 is 4.79 Å². The molecule has 1 aromatic carbocycles. The van der Waals surface area contributed by atoms with Crippen LogP contribution in [0.15, 0.2) is 30.5 Å². The molecule has 1 aliphatic carbocycles. The summed E-state index contributed by atoms with van der Waals surface area (Å²) < 4.78 is 0. The molecule has 3 nitrogen and oxygen atoms in total. The molecule has 2 heterocycles. The SMILES string of the molecule is CC1CN(c2ccnc3cc(C4CC4)ccc23)CCC1C=O. The average molecular weight is 294 g/mol. The summed E-state index contributed by atoms with van der Waals surface area (Å²) in [5.41, 5.74) is 3.81. The molecule has 1 saturated carbocycles. The van der Waals surface area contributed by atoms with Crippen molar-refractivity contribution in [2.45, 2.75) is 32.1 Å². The highest BCUT2D eigenvalue weighted by Gasteiger charge is 2.27. The highest BCUT2D eigenvalue weighted by Crippen LogP contribution is 2.41. The standard InChI is InChI=1S/C19H22N2O/c1-13-11-21(9-7-16(13)12-22)19-6-8-20-18-10-15(14-2-3-14)4-5-17(18)19/h4-6,8,10,12-14,16H,2-3,7,9,11H2,1H3. The summed E-state index contributed by atoms with van der Waals surface area (Å²) in [4.78, 5) is 18.1. The first kappa shape index (κ1) is 13.7. The second kappa shape index (κ2) is 5.38. The van der Waals surface area contributed by atoms with E-state index in [-0.39, 0.29) is 5.92 Å². The molecular weight excluding hydrogens is 272 g/mol. The summed E-state index contributed by atoms with van der Waals surface area (Å²) in [7, 11) is 0. The molecular formula is C19H22N2O. The molecule has 1 aromatic heterocycles. The average Bonchev–Trinajstić information content (AvgIpc) is 3.38. The molecule has 2 fully saturated rings. The Morgan fingerprint density at radius 1 is 1.23 bits per heavy atom. The molecule has 0 N–H and O–H groups in total. The lowest BCUT2D eigenvalue weighted by molar-refractivity contribution is -0.112. The Hall–Kier alpha value is -1.90. The highest BCUT2D eigenvalue weighted by molar-refractivity contribution is 5.92. The van der Waals surface area contributed by atoms with Gasteiger partial charge in [0.15, 0.2) is 0 Å². The number of hydrogen-bond donors (Lipinski definition) is 0. The largest absolute Gasteiger partial charge is 0.371 e. The number of fused-ring (bicyclic) bond motifs is 1. The summed E-state index contributed by atoms with van der Waals surface area (Å²) in [5, 5.41) is 1.24. The van der Waals surface area contributed by atoms with Crippen LogP contribution in [0, 0.1) is 11.8 Å². The number of pyridine rings is 1. The van der Waals surface area contributed by atoms with E-state index in [0.717, 1.165) is 37.2 Å². The number of carbonyl (C=O) groups excluding carboxylic acids is 1. The van der Waals surface area contributed by atoms with Crippen LogP contribution in [0.3, 0.4) is 0 Å². The Balaban J connectivity index is 1.68. The molecule has 0 radical (unpaired) electrons. The molecule has 1 saturated heterocycles. The second-order valence-electron chi connectivity index (χ2n) is 6.89. The number of aromatic nitrogens is 1. The predicted molar refractivity (Wildman–Crippen MR) is 89.3 cm³/mol. The maximum Gasteiger partial charge on any atom is 0.123 e. The van der Waals surface area contributed by atoms with Gasteiger partial charge < -0.3 is 9.69 Å². The Kier molecular flexibility index (Phi) is 3.36. The van der Waals surface area contributed by atoms with E-state index in [2.05, 4.69) is 41.1 Å². The van der Waals surface area contributed by atoms with Gasteiger partial charge in [-0.3, -0.25) is 4.98 Å². The fourth-order valence-corrected chi connectivity index (χ4v) is 3.68. The smallest absolute Gasteiger partial charge is 0.123 e. The molecule has 2 aliphatic rings. The van der Waals surface area contributed by atoms with Crippen LogP contribution in [0.25, 0.3) is 10.9 Å². The van der Waals surface area contributed by atoms with Crippen LogP contribution >= 0.6 is 0 Å². The van der Waals surface area contributed by atoms with Gasteiger partial charge in [0, 0.05) is 36.3 Å². The highest BCUT2D eigenvalue weighted by atomic mass is 16.1. The number of anilines is 1. The van der Waals surface area contributed by atoms with Gasteiger partial charge in [-0.15, -0.1) is 0 Å². The number of benzene rings is 1. The predicted octanol–water partition coefficient (Wildman–Crippen LogP) is 3.77. The van der Waals surface area contributed by atoms with Crippen LogP contribution in [0.1, 0.15) is 37.7 Å². The maximum absolute atomic E-state index is 11.1. The van der Waals surface area contributed by atoms with Crippen molar-refractivity contribution in [1.82, 2.24) is 4.98 Å². The Labute approximate surface area is 131 Å². The molecule has 4 rings (SSSR count). The number of rotatable bonds is 3. The van der Waals surface area contributed by atoms with Crippen molar-refractivity contribution in [1.29, 1.82) is 0 Å². The van der Waals surface area contributed by atoms with Gasteiger partial charge in [0.2, 0.25) is 0 Å². The molecule has 0 bridgehead atoms. The zero-order valence-electron chi connectivity index (χ0n) is 13.0. The fourth-order valence-electron chi connectivity index (χ4n) is 3.68. The van der Waals surface area contributed by atoms with Crippen molar-refractivity contribution in [2.24, 2.45) is 11.8 Å². The third kappa shape index (κ3) is 2.39. The van der Waals surface area contributed by atoms with Crippen molar-refractivity contribution in [2.75, 3.05) is 18.0 Å². The molecule has 3 heteroatoms. The van der Waals surface area contributed by atoms with E-state index in [1.54, 1.807) is 0 Å². The number of hydrogen-bond acceptors (Lipinski definition) is 3. The lowest BCUT2D eigenvalue weighted by atomic mass is 9.88. The van der Waals surface area contributed by atoms with E-state index < -0.39 is 0 Å². The minimum absolute atomic E-state index is 0.214. The molecule has 2 unspecified atom stereocenters. The van der Waals surface area contributed by atoms with Gasteiger partial charge in [-0.25, -0.2) is 0 Å². The lowest BCUT2D eigenvalue weighted by Gasteiger charge is -2.36. The summed E-state index contributed by atoms with van der Waals surface area (Å²) >= 11 is 0. The van der Waals surface area contributed by atoms with Crippen LogP contribution in [-0.2, 0) is 4.79 Å². The van der Waals surface area contributed by atoms with E-state index in [1.165, 1.54) is 29.5 Å². The summed E-state index contributed by atoms with van der Waals surface area (Å²) in [5.74, 6) is 1.39. The number of carbonyl (C=O) groups is 1. The molecule has 2 aromatic rings. The minimum atomic E-state index is 0.214. The van der Waals surface area contributed by atoms with Gasteiger partial charge in [0.25, 0.3) is 0 Å². The van der Waals surface area contributed by atoms with Crippen LogP contribution in [0.5, 0.6) is 0 Å². The Morgan fingerprint density at radius 3 is 2.82 bits per heavy atom. The van der Waals surface area contributed by atoms with Crippen molar-refractivity contribution in [3.8, 4) is 0 Å². The van der Waals surface area contributed by atoms with Gasteiger partial charge >= 0.3 is 0 Å². The number of piperidine rings is 1. The molecule has 0 amide bonds. The monoisotopic (exact) mass is 294 g/mol. The van der Waals surface area contributed by atoms with Crippen molar-refractivity contribution >= 4 is 22.9 Å². The first-order valence-corrected chi connectivity index (χ1v) is 8.35. The lowest BCUT2D eigenvalue weighted by Crippen LogP contribution is -2.40. The van der Waals surface area contributed by atoms with Crippen molar-refractivity contribution in [3.63, 3.8) is 0 Å². The molecule has 2 atom stereocenters. The Morgan fingerprint density at radius 2 is 2.09 bits per heavy atom. The fraction of sp³-hybridized carbons (Fsp3) is 0.474. The first-order chi connectivity index (χ1) is 10.8. The van der Waals surface area contributed by atoms with E-state index >= 15 is 0 Å². The zero-order chi connectivity index (χ0) is 15.1. The molecule has 1 aliphatic heterocycles. The first-order valence-electron chi connectivity index (χ1n) is 8.35. The molecule has 114 valence electrons. The number of aldehydes is 1. The van der Waals surface area contributed by atoms with Crippen LogP contribution in [-0.4, -0.2) is 24.4 Å². The zero-order valence-corrected chi connectivity index (χ0v) is 13.0. The van der Waals surface area contributed by atoms with E-state index in [9.17, 15) is 4.79 Å². The quantitative estimate of drug-likeness (QED) is 0.808. The molecule has 22 heavy (non-hydrogen) atoms. The van der Waals surface area contributed by atoms with Crippen molar-refractivity contribution in [3.05, 3.63) is 36.0 Å². The maximum atomic E-state index is 11.1. The van der Waals surface area contributed by atoms with Crippen LogP contribution < -0.4 is 4.90 Å². The minimum Gasteiger partial charge on any atom is -0.371 e. The van der Waals surface area contributed by atoms with Gasteiger partial charge in [0.05, 0.1) is 5.52 Å². The Bertz CT molecular complexity index is 708. The third-order valence-corrected chi connectivity index (χ3v) is 5.28. The summed E-state index contributed by atoms with van der Waals surface area (Å²) in [6, 6.07) is 8.89. The van der Waals surface area contributed by atoms with Gasteiger partial charge in [-0.05, 0) is 48.8 Å². The molecule has 0 spiro atoms. The van der Waals surface area contributed by atoms with Crippen LogP contribution in [0.4, 0.5) is 5.69 Å². The normalized spacial score (nSPS) is 25.4.